The number of hydrogen-bond donors (Lipinski definition) is 1. The molecule has 2 aromatic carbocycles. The van der Waals surface area contributed by atoms with Gasteiger partial charge in [0.1, 0.15) is 11.6 Å². The first-order valence-corrected chi connectivity index (χ1v) is 7.09. The molecule has 1 amide bonds. The highest BCUT2D eigenvalue weighted by molar-refractivity contribution is 5.97. The van der Waals surface area contributed by atoms with Gasteiger partial charge in [-0.3, -0.25) is 14.9 Å². The molecule has 0 saturated heterocycles. The molecule has 26 heavy (non-hydrogen) atoms. The number of benzene rings is 2. The van der Waals surface area contributed by atoms with Crippen LogP contribution in [0, 0.1) is 27.6 Å². The van der Waals surface area contributed by atoms with E-state index < -0.39 is 51.6 Å². The number of halogens is 3. The van der Waals surface area contributed by atoms with Gasteiger partial charge in [0.05, 0.1) is 10.5 Å². The summed E-state index contributed by atoms with van der Waals surface area (Å²) in [6, 6.07) is 4.70. The summed E-state index contributed by atoms with van der Waals surface area (Å²) in [6.45, 7) is 1.18. The molecule has 0 fully saturated rings. The van der Waals surface area contributed by atoms with Crippen molar-refractivity contribution in [3.05, 3.63) is 69.5 Å². The molecule has 7 nitrogen and oxygen atoms in total. The molecule has 0 spiro atoms. The number of carbonyl (C=O) groups excluding carboxylic acids is 2. The van der Waals surface area contributed by atoms with Crippen LogP contribution >= 0.6 is 0 Å². The Morgan fingerprint density at radius 1 is 1.12 bits per heavy atom. The van der Waals surface area contributed by atoms with E-state index in [2.05, 4.69) is 5.32 Å². The summed E-state index contributed by atoms with van der Waals surface area (Å²) in [5.74, 6) is -5.09. The van der Waals surface area contributed by atoms with Gasteiger partial charge in [-0.2, -0.15) is 4.39 Å². The Bertz CT molecular complexity index is 868. The largest absolute Gasteiger partial charge is 0.449 e. The fraction of sp³-hybridized carbons (Fsp3) is 0.125. The van der Waals surface area contributed by atoms with Crippen LogP contribution in [-0.2, 0) is 9.53 Å². The number of nitro benzene ring substituents is 1. The number of esters is 1. The number of nitrogens with one attached hydrogen (secondary N) is 1. The van der Waals surface area contributed by atoms with Crippen molar-refractivity contribution in [2.45, 2.75) is 13.0 Å². The molecule has 2 rings (SSSR count). The normalized spacial score (nSPS) is 11.5. The van der Waals surface area contributed by atoms with Crippen LogP contribution in [0.15, 0.2) is 36.4 Å². The second-order valence-electron chi connectivity index (χ2n) is 5.12. The van der Waals surface area contributed by atoms with E-state index in [1.54, 1.807) is 0 Å². The molecule has 0 aromatic heterocycles. The van der Waals surface area contributed by atoms with E-state index in [1.165, 1.54) is 6.92 Å². The smallest absolute Gasteiger partial charge is 0.339 e. The Kier molecular flexibility index (Phi) is 5.55. The van der Waals surface area contributed by atoms with Gasteiger partial charge in [-0.15, -0.1) is 0 Å². The Hall–Kier alpha value is -3.43. The third kappa shape index (κ3) is 4.56. The van der Waals surface area contributed by atoms with Crippen LogP contribution in [0.25, 0.3) is 0 Å². The number of rotatable bonds is 5. The van der Waals surface area contributed by atoms with Crippen molar-refractivity contribution in [2.75, 3.05) is 5.32 Å². The fourth-order valence-electron chi connectivity index (χ4n) is 1.93. The first kappa shape index (κ1) is 18.9. The molecule has 0 aliphatic carbocycles. The molecule has 0 saturated carbocycles. The van der Waals surface area contributed by atoms with Gasteiger partial charge in [-0.05, 0) is 31.2 Å². The van der Waals surface area contributed by atoms with Crippen molar-refractivity contribution in [1.82, 2.24) is 0 Å². The van der Waals surface area contributed by atoms with Gasteiger partial charge in [-0.25, -0.2) is 13.6 Å². The van der Waals surface area contributed by atoms with Crippen LogP contribution in [0.4, 0.5) is 24.5 Å². The number of ether oxygens (including phenoxy) is 1. The maximum Gasteiger partial charge on any atom is 0.339 e. The van der Waals surface area contributed by atoms with Crippen molar-refractivity contribution in [3.63, 3.8) is 0 Å². The van der Waals surface area contributed by atoms with E-state index in [4.69, 9.17) is 4.74 Å². The van der Waals surface area contributed by atoms with Crippen LogP contribution in [0.5, 0.6) is 0 Å². The number of hydrogen-bond acceptors (Lipinski definition) is 5. The molecule has 0 radical (unpaired) electrons. The van der Waals surface area contributed by atoms with E-state index in [0.717, 1.165) is 30.3 Å². The SMILES string of the molecule is CC(OC(=O)c1cc(F)cc(F)c1)C(=O)Nc1ccc(F)c([N+](=O)[O-])c1. The quantitative estimate of drug-likeness (QED) is 0.496. The Labute approximate surface area is 144 Å². The number of anilines is 1. The number of nitro groups is 1. The highest BCUT2D eigenvalue weighted by atomic mass is 19.1. The second kappa shape index (κ2) is 7.64. The molecule has 0 aliphatic rings. The summed E-state index contributed by atoms with van der Waals surface area (Å²) >= 11 is 0. The zero-order valence-corrected chi connectivity index (χ0v) is 13.2. The standard InChI is InChI=1S/C16H11F3N2O5/c1-8(26-16(23)9-4-10(17)6-11(18)5-9)15(22)20-12-2-3-13(19)14(7-12)21(24)25/h2-8H,1H3,(H,20,22). The first-order valence-electron chi connectivity index (χ1n) is 7.09. The Morgan fingerprint density at radius 3 is 2.31 bits per heavy atom. The minimum absolute atomic E-state index is 0.0946. The van der Waals surface area contributed by atoms with Gasteiger partial charge in [0.15, 0.2) is 6.10 Å². The maximum absolute atomic E-state index is 13.3. The predicted molar refractivity (Wildman–Crippen MR) is 82.9 cm³/mol. The third-order valence-electron chi connectivity index (χ3n) is 3.16. The lowest BCUT2D eigenvalue weighted by Crippen LogP contribution is -2.30. The van der Waals surface area contributed by atoms with Crippen molar-refractivity contribution in [1.29, 1.82) is 0 Å². The number of amides is 1. The van der Waals surface area contributed by atoms with Crippen molar-refractivity contribution in [3.8, 4) is 0 Å². The van der Waals surface area contributed by atoms with Crippen LogP contribution in [0.1, 0.15) is 17.3 Å². The Morgan fingerprint density at radius 2 is 1.73 bits per heavy atom. The second-order valence-corrected chi connectivity index (χ2v) is 5.12. The van der Waals surface area contributed by atoms with Crippen LogP contribution in [0.2, 0.25) is 0 Å². The van der Waals surface area contributed by atoms with Crippen LogP contribution in [0.3, 0.4) is 0 Å². The molecule has 0 aliphatic heterocycles. The molecular weight excluding hydrogens is 357 g/mol. The molecule has 2 aromatic rings. The number of carbonyl (C=O) groups is 2. The molecule has 1 unspecified atom stereocenters. The molecule has 0 heterocycles. The average Bonchev–Trinajstić information content (AvgIpc) is 2.55. The zero-order chi connectivity index (χ0) is 19.4. The Balaban J connectivity index is 2.06. The van der Waals surface area contributed by atoms with Gasteiger partial charge in [0.2, 0.25) is 5.82 Å². The lowest BCUT2D eigenvalue weighted by molar-refractivity contribution is -0.387. The topological polar surface area (TPSA) is 98.5 Å². The van der Waals surface area contributed by atoms with Crippen LogP contribution in [-0.4, -0.2) is 22.9 Å². The van der Waals surface area contributed by atoms with Crippen molar-refractivity contribution in [2.24, 2.45) is 0 Å². The van der Waals surface area contributed by atoms with E-state index in [1.807, 2.05) is 0 Å². The first-order chi connectivity index (χ1) is 12.2. The van der Waals surface area contributed by atoms with Gasteiger partial charge in [0.25, 0.3) is 5.91 Å². The molecule has 0 bridgehead atoms. The summed E-state index contributed by atoms with van der Waals surface area (Å²) in [6.07, 6.45) is -1.39. The van der Waals surface area contributed by atoms with Crippen LogP contribution < -0.4 is 5.32 Å². The molecule has 1 N–H and O–H groups in total. The average molecular weight is 368 g/mol. The summed E-state index contributed by atoms with van der Waals surface area (Å²) in [7, 11) is 0. The highest BCUT2D eigenvalue weighted by Gasteiger charge is 2.21. The fourth-order valence-corrected chi connectivity index (χ4v) is 1.93. The summed E-state index contributed by atoms with van der Waals surface area (Å²) in [4.78, 5) is 33.5. The summed E-state index contributed by atoms with van der Waals surface area (Å²) < 4.78 is 44.2. The maximum atomic E-state index is 13.3. The lowest BCUT2D eigenvalue weighted by atomic mass is 10.2. The van der Waals surface area contributed by atoms with Gasteiger partial charge >= 0.3 is 11.7 Å². The molecule has 10 heteroatoms. The molecule has 136 valence electrons. The van der Waals surface area contributed by atoms with Crippen molar-refractivity contribution >= 4 is 23.3 Å². The van der Waals surface area contributed by atoms with E-state index >= 15 is 0 Å². The minimum atomic E-state index is -1.39. The predicted octanol–water partition coefficient (Wildman–Crippen LogP) is 3.20. The summed E-state index contributed by atoms with van der Waals surface area (Å²) in [5.41, 5.74) is -1.37. The van der Waals surface area contributed by atoms with Gasteiger partial charge in [-0.1, -0.05) is 0 Å². The highest BCUT2D eigenvalue weighted by Crippen LogP contribution is 2.22. The van der Waals surface area contributed by atoms with Gasteiger partial charge < -0.3 is 10.1 Å². The number of nitrogens with zero attached hydrogens (tertiary/aromatic N) is 1. The lowest BCUT2D eigenvalue weighted by Gasteiger charge is -2.13. The summed E-state index contributed by atoms with van der Waals surface area (Å²) in [5, 5.41) is 12.9. The van der Waals surface area contributed by atoms with Gasteiger partial charge in [0, 0.05) is 17.8 Å². The molecule has 1 atom stereocenters. The zero-order valence-electron chi connectivity index (χ0n) is 13.2. The van der Waals surface area contributed by atoms with E-state index in [9.17, 15) is 32.9 Å². The minimum Gasteiger partial charge on any atom is -0.449 e. The van der Waals surface area contributed by atoms with Crippen molar-refractivity contribution < 1.29 is 32.4 Å². The third-order valence-corrected chi connectivity index (χ3v) is 3.16. The molecular formula is C16H11F3N2O5. The van der Waals surface area contributed by atoms with E-state index in [-0.39, 0.29) is 5.69 Å². The monoisotopic (exact) mass is 368 g/mol. The van der Waals surface area contributed by atoms with E-state index in [0.29, 0.717) is 6.07 Å².